The van der Waals surface area contributed by atoms with Crippen molar-refractivity contribution in [3.63, 3.8) is 0 Å². The molecule has 1 amide bonds. The fourth-order valence-electron chi connectivity index (χ4n) is 3.20. The summed E-state index contributed by atoms with van der Waals surface area (Å²) in [7, 11) is 1.16. The van der Waals surface area contributed by atoms with Gasteiger partial charge in [0, 0.05) is 24.8 Å². The van der Waals surface area contributed by atoms with Gasteiger partial charge in [-0.25, -0.2) is 13.8 Å². The highest BCUT2D eigenvalue weighted by atomic mass is 35.5. The molecule has 1 N–H and O–H groups in total. The van der Waals surface area contributed by atoms with Crippen molar-refractivity contribution >= 4 is 45.1 Å². The molecular weight excluding hydrogens is 488 g/mol. The number of ether oxygens (including phenoxy) is 1. The number of hydrazone groups is 1. The second-order valence-electron chi connectivity index (χ2n) is 7.92. The van der Waals surface area contributed by atoms with Gasteiger partial charge in [-0.05, 0) is 55.0 Å². The number of nitrogens with one attached hydrogen (secondary N) is 1. The molecule has 0 atom stereocenters. The number of anilines is 2. The lowest BCUT2D eigenvalue weighted by Crippen LogP contribution is -2.39. The van der Waals surface area contributed by atoms with Crippen LogP contribution in [0.5, 0.6) is 5.75 Å². The summed E-state index contributed by atoms with van der Waals surface area (Å²) in [5.41, 5.74) is 5.24. The lowest BCUT2D eigenvalue weighted by Gasteiger charge is -2.25. The van der Waals surface area contributed by atoms with E-state index in [1.165, 1.54) is 31.5 Å². The number of sulfonamides is 1. The Labute approximate surface area is 210 Å². The molecule has 0 saturated carbocycles. The quantitative estimate of drug-likeness (QED) is 0.343. The molecule has 184 valence electrons. The minimum atomic E-state index is -4.13. The minimum absolute atomic E-state index is 0.0300. The lowest BCUT2D eigenvalue weighted by molar-refractivity contribution is -0.119. The molecule has 0 spiro atoms. The van der Waals surface area contributed by atoms with Crippen LogP contribution in [-0.2, 0) is 14.8 Å². The Balaban J connectivity index is 1.87. The summed E-state index contributed by atoms with van der Waals surface area (Å²) in [5.74, 6) is -0.383. The van der Waals surface area contributed by atoms with E-state index in [1.807, 2.05) is 50.2 Å². The zero-order chi connectivity index (χ0) is 25.6. The van der Waals surface area contributed by atoms with Crippen LogP contribution in [0.1, 0.15) is 11.1 Å². The molecule has 0 aliphatic carbocycles. The Morgan fingerprint density at radius 2 is 1.71 bits per heavy atom. The number of nitrogens with zero attached hydrogens (tertiary/aromatic N) is 3. The van der Waals surface area contributed by atoms with Crippen molar-refractivity contribution in [1.82, 2.24) is 5.43 Å². The first kappa shape index (κ1) is 26.1. The smallest absolute Gasteiger partial charge is 0.264 e. The van der Waals surface area contributed by atoms with Crippen molar-refractivity contribution in [2.24, 2.45) is 5.10 Å². The summed E-state index contributed by atoms with van der Waals surface area (Å²) < 4.78 is 33.4. The molecule has 3 aromatic carbocycles. The number of hydrogen-bond acceptors (Lipinski definition) is 6. The van der Waals surface area contributed by atoms with Crippen LogP contribution >= 0.6 is 11.6 Å². The summed E-state index contributed by atoms with van der Waals surface area (Å²) in [6.45, 7) is 1.32. The van der Waals surface area contributed by atoms with Gasteiger partial charge in [0.2, 0.25) is 0 Å². The molecule has 0 aromatic heterocycles. The third-order valence-corrected chi connectivity index (χ3v) is 7.13. The van der Waals surface area contributed by atoms with E-state index in [4.69, 9.17) is 16.3 Å². The van der Waals surface area contributed by atoms with Gasteiger partial charge in [0.05, 0.1) is 23.9 Å². The fourth-order valence-corrected chi connectivity index (χ4v) is 4.79. The normalized spacial score (nSPS) is 11.3. The van der Waals surface area contributed by atoms with Gasteiger partial charge in [-0.2, -0.15) is 5.10 Å². The summed E-state index contributed by atoms with van der Waals surface area (Å²) in [5, 5.41) is 4.27. The Hall–Kier alpha value is -3.56. The highest BCUT2D eigenvalue weighted by molar-refractivity contribution is 7.92. The number of aryl methyl sites for hydroxylation is 1. The van der Waals surface area contributed by atoms with Gasteiger partial charge in [0.25, 0.3) is 15.9 Å². The van der Waals surface area contributed by atoms with Crippen LogP contribution in [0.4, 0.5) is 11.4 Å². The van der Waals surface area contributed by atoms with Crippen LogP contribution in [-0.4, -0.2) is 48.3 Å². The Morgan fingerprint density at radius 1 is 1.06 bits per heavy atom. The third-order valence-electron chi connectivity index (χ3n) is 5.12. The molecule has 0 radical (unpaired) electrons. The molecule has 0 bridgehead atoms. The van der Waals surface area contributed by atoms with Crippen LogP contribution in [0, 0.1) is 6.92 Å². The number of rotatable bonds is 9. The zero-order valence-corrected chi connectivity index (χ0v) is 21.5. The van der Waals surface area contributed by atoms with Crippen LogP contribution in [0.3, 0.4) is 0 Å². The summed E-state index contributed by atoms with van der Waals surface area (Å²) in [6.07, 6.45) is 1.48. The molecule has 8 nitrogen and oxygen atoms in total. The highest BCUT2D eigenvalue weighted by Crippen LogP contribution is 2.34. The number of carbonyl (C=O) groups excluding carboxylic acids is 1. The molecule has 0 heterocycles. The Kier molecular flexibility index (Phi) is 8.37. The topological polar surface area (TPSA) is 91.3 Å². The number of amides is 1. The molecule has 3 aromatic rings. The van der Waals surface area contributed by atoms with E-state index in [0.717, 1.165) is 21.1 Å². The number of methoxy groups -OCH3 is 1. The van der Waals surface area contributed by atoms with Crippen molar-refractivity contribution in [1.29, 1.82) is 0 Å². The average molecular weight is 515 g/mol. The van der Waals surface area contributed by atoms with Gasteiger partial charge in [-0.15, -0.1) is 0 Å². The number of carbonyl (C=O) groups is 1. The maximum atomic E-state index is 13.5. The lowest BCUT2D eigenvalue weighted by atomic mass is 10.2. The number of halogens is 1. The first-order valence-electron chi connectivity index (χ1n) is 10.6. The van der Waals surface area contributed by atoms with E-state index in [1.54, 1.807) is 24.3 Å². The Morgan fingerprint density at radius 3 is 2.31 bits per heavy atom. The van der Waals surface area contributed by atoms with E-state index in [9.17, 15) is 13.2 Å². The van der Waals surface area contributed by atoms with Crippen LogP contribution in [0.2, 0.25) is 5.02 Å². The van der Waals surface area contributed by atoms with Crippen molar-refractivity contribution < 1.29 is 17.9 Å². The van der Waals surface area contributed by atoms with Gasteiger partial charge in [0.1, 0.15) is 12.3 Å². The van der Waals surface area contributed by atoms with Gasteiger partial charge < -0.3 is 9.64 Å². The molecule has 0 saturated heterocycles. The first-order valence-corrected chi connectivity index (χ1v) is 12.5. The van der Waals surface area contributed by atoms with Gasteiger partial charge in [-0.1, -0.05) is 41.4 Å². The minimum Gasteiger partial charge on any atom is -0.495 e. The van der Waals surface area contributed by atoms with Crippen LogP contribution in [0.15, 0.2) is 76.7 Å². The van der Waals surface area contributed by atoms with E-state index < -0.39 is 22.5 Å². The molecule has 0 aliphatic heterocycles. The summed E-state index contributed by atoms with van der Waals surface area (Å²) in [6, 6.07) is 18.5. The maximum absolute atomic E-state index is 13.5. The molecule has 35 heavy (non-hydrogen) atoms. The molecule has 0 aliphatic rings. The van der Waals surface area contributed by atoms with Crippen LogP contribution in [0.25, 0.3) is 0 Å². The zero-order valence-electron chi connectivity index (χ0n) is 19.9. The van der Waals surface area contributed by atoms with Gasteiger partial charge >= 0.3 is 0 Å². The molecule has 3 rings (SSSR count). The SMILES string of the molecule is COc1ccc(Cl)cc1N(CC(=O)NN=Cc1ccc(N(C)C)cc1)S(=O)(=O)c1ccc(C)cc1. The molecule has 0 unspecified atom stereocenters. The summed E-state index contributed by atoms with van der Waals surface area (Å²) >= 11 is 6.15. The number of benzene rings is 3. The standard InChI is InChI=1S/C25H27ClN4O4S/c1-18-5-12-22(13-6-18)35(32,33)30(23-15-20(26)9-14-24(23)34-4)17-25(31)28-27-16-19-7-10-21(11-8-19)29(2)3/h5-16H,17H2,1-4H3,(H,28,31). The van der Waals surface area contributed by atoms with Gasteiger partial charge in [-0.3, -0.25) is 9.10 Å². The summed E-state index contributed by atoms with van der Waals surface area (Å²) in [4.78, 5) is 14.8. The fraction of sp³-hybridized carbons (Fsp3) is 0.200. The molecule has 10 heteroatoms. The van der Waals surface area contributed by atoms with E-state index in [2.05, 4.69) is 10.5 Å². The highest BCUT2D eigenvalue weighted by Gasteiger charge is 2.29. The number of hydrogen-bond donors (Lipinski definition) is 1. The second kappa shape index (κ2) is 11.2. The van der Waals surface area contributed by atoms with Crippen LogP contribution < -0.4 is 19.4 Å². The van der Waals surface area contributed by atoms with E-state index in [0.29, 0.717) is 5.02 Å². The largest absolute Gasteiger partial charge is 0.495 e. The van der Waals surface area contributed by atoms with Crippen molar-refractivity contribution in [3.05, 3.63) is 82.9 Å². The first-order chi connectivity index (χ1) is 16.6. The predicted octanol–water partition coefficient (Wildman–Crippen LogP) is 4.07. The van der Waals surface area contributed by atoms with Crippen molar-refractivity contribution in [2.45, 2.75) is 11.8 Å². The van der Waals surface area contributed by atoms with Crippen molar-refractivity contribution in [2.75, 3.05) is 37.0 Å². The Bertz CT molecular complexity index is 1310. The van der Waals surface area contributed by atoms with Gasteiger partial charge in [0.15, 0.2) is 0 Å². The average Bonchev–Trinajstić information content (AvgIpc) is 2.83. The molecule has 0 fully saturated rings. The monoisotopic (exact) mass is 514 g/mol. The predicted molar refractivity (Wildman–Crippen MR) is 140 cm³/mol. The van der Waals surface area contributed by atoms with E-state index in [-0.39, 0.29) is 16.3 Å². The van der Waals surface area contributed by atoms with Crippen molar-refractivity contribution in [3.8, 4) is 5.75 Å². The third kappa shape index (κ3) is 6.52. The van der Waals surface area contributed by atoms with E-state index >= 15 is 0 Å². The maximum Gasteiger partial charge on any atom is 0.264 e. The molecular formula is C25H27ClN4O4S. The second-order valence-corrected chi connectivity index (χ2v) is 10.2.